The molecule has 0 aliphatic carbocycles. The molecule has 15 heavy (non-hydrogen) atoms. The topological polar surface area (TPSA) is 46.3 Å². The predicted molar refractivity (Wildman–Crippen MR) is 57.3 cm³/mol. The zero-order valence-electron chi connectivity index (χ0n) is 8.77. The van der Waals surface area contributed by atoms with Gasteiger partial charge in [0.05, 0.1) is 0 Å². The fraction of sp³-hybridized carbons (Fsp3) is 0.250. The molecule has 3 heteroatoms. The van der Waals surface area contributed by atoms with Crippen molar-refractivity contribution in [3.05, 3.63) is 41.9 Å². The van der Waals surface area contributed by atoms with Crippen molar-refractivity contribution in [1.82, 2.24) is 4.98 Å². The molecular formula is C12H13NO2. The summed E-state index contributed by atoms with van der Waals surface area (Å²) in [6.45, 7) is 3.66. The first kappa shape index (κ1) is 9.93. The van der Waals surface area contributed by atoms with E-state index >= 15 is 0 Å². The van der Waals surface area contributed by atoms with Gasteiger partial charge in [-0.3, -0.25) is 4.98 Å². The van der Waals surface area contributed by atoms with Crippen LogP contribution in [-0.2, 0) is 0 Å². The molecule has 0 bridgehead atoms. The average Bonchev–Trinajstić information content (AvgIpc) is 2.66. The lowest BCUT2D eigenvalue weighted by Gasteiger charge is -2.00. The van der Waals surface area contributed by atoms with Gasteiger partial charge < -0.3 is 9.52 Å². The lowest BCUT2D eigenvalue weighted by atomic mass is 10.2. The van der Waals surface area contributed by atoms with E-state index in [1.165, 1.54) is 0 Å². The van der Waals surface area contributed by atoms with Crippen LogP contribution in [0.5, 0.6) is 0 Å². The Bertz CT molecular complexity index is 460. The first-order chi connectivity index (χ1) is 7.16. The van der Waals surface area contributed by atoms with Gasteiger partial charge in [-0.25, -0.2) is 0 Å². The maximum absolute atomic E-state index is 9.33. The van der Waals surface area contributed by atoms with Crippen LogP contribution in [0.4, 0.5) is 0 Å². The highest BCUT2D eigenvalue weighted by atomic mass is 16.4. The smallest absolute Gasteiger partial charge is 0.135 e. The van der Waals surface area contributed by atoms with Gasteiger partial charge in [-0.05, 0) is 37.6 Å². The van der Waals surface area contributed by atoms with Crippen LogP contribution in [0.3, 0.4) is 0 Å². The third-order valence-electron chi connectivity index (χ3n) is 2.20. The molecule has 0 aromatic carbocycles. The van der Waals surface area contributed by atoms with E-state index in [4.69, 9.17) is 4.42 Å². The van der Waals surface area contributed by atoms with Crippen molar-refractivity contribution in [2.24, 2.45) is 0 Å². The van der Waals surface area contributed by atoms with Crippen molar-refractivity contribution in [2.75, 3.05) is 0 Å². The monoisotopic (exact) mass is 203 g/mol. The van der Waals surface area contributed by atoms with E-state index in [2.05, 4.69) is 4.98 Å². The second-order valence-electron chi connectivity index (χ2n) is 3.63. The van der Waals surface area contributed by atoms with Gasteiger partial charge in [-0.1, -0.05) is 0 Å². The summed E-state index contributed by atoms with van der Waals surface area (Å²) in [4.78, 5) is 4.09. The molecule has 0 aliphatic rings. The fourth-order valence-corrected chi connectivity index (χ4v) is 1.42. The summed E-state index contributed by atoms with van der Waals surface area (Å²) in [6, 6.07) is 5.62. The molecule has 0 saturated carbocycles. The van der Waals surface area contributed by atoms with Crippen molar-refractivity contribution in [1.29, 1.82) is 0 Å². The van der Waals surface area contributed by atoms with Gasteiger partial charge in [-0.2, -0.15) is 0 Å². The number of aliphatic hydroxyl groups excluding tert-OH is 1. The number of pyridine rings is 1. The van der Waals surface area contributed by atoms with Crippen molar-refractivity contribution in [3.8, 4) is 11.3 Å². The first-order valence-corrected chi connectivity index (χ1v) is 4.86. The molecule has 1 atom stereocenters. The number of aliphatic hydroxyl groups is 1. The zero-order valence-corrected chi connectivity index (χ0v) is 8.77. The molecule has 78 valence electrons. The number of nitrogens with zero attached hydrogens (tertiary/aromatic N) is 1. The van der Waals surface area contributed by atoms with Gasteiger partial charge in [0.15, 0.2) is 0 Å². The number of hydrogen-bond acceptors (Lipinski definition) is 3. The quantitative estimate of drug-likeness (QED) is 0.816. The van der Waals surface area contributed by atoms with Crippen LogP contribution in [0, 0.1) is 6.92 Å². The molecule has 2 aromatic rings. The van der Waals surface area contributed by atoms with E-state index in [0.29, 0.717) is 5.76 Å². The third kappa shape index (κ3) is 2.07. The van der Waals surface area contributed by atoms with Crippen LogP contribution in [0.25, 0.3) is 11.3 Å². The minimum atomic E-state index is -0.573. The van der Waals surface area contributed by atoms with Crippen LogP contribution in [0.2, 0.25) is 0 Å². The van der Waals surface area contributed by atoms with Crippen molar-refractivity contribution in [3.63, 3.8) is 0 Å². The highest BCUT2D eigenvalue weighted by Gasteiger charge is 2.08. The second-order valence-corrected chi connectivity index (χ2v) is 3.63. The Morgan fingerprint density at radius 1 is 1.33 bits per heavy atom. The number of furan rings is 1. The van der Waals surface area contributed by atoms with Gasteiger partial charge in [0, 0.05) is 18.0 Å². The van der Waals surface area contributed by atoms with Gasteiger partial charge in [0.1, 0.15) is 17.6 Å². The summed E-state index contributed by atoms with van der Waals surface area (Å²) in [5, 5.41) is 9.33. The predicted octanol–water partition coefficient (Wildman–Crippen LogP) is 2.70. The SMILES string of the molecule is Cc1cncc(-c2ccc(C(C)O)o2)c1. The van der Waals surface area contributed by atoms with Crippen LogP contribution < -0.4 is 0 Å². The maximum Gasteiger partial charge on any atom is 0.135 e. The summed E-state index contributed by atoms with van der Waals surface area (Å²) in [5.41, 5.74) is 2.02. The van der Waals surface area contributed by atoms with E-state index in [1.54, 1.807) is 25.4 Å². The number of hydrogen-bond donors (Lipinski definition) is 1. The minimum Gasteiger partial charge on any atom is -0.458 e. The Morgan fingerprint density at radius 2 is 2.13 bits per heavy atom. The number of rotatable bonds is 2. The van der Waals surface area contributed by atoms with Crippen molar-refractivity contribution < 1.29 is 9.52 Å². The van der Waals surface area contributed by atoms with Crippen LogP contribution >= 0.6 is 0 Å². The van der Waals surface area contributed by atoms with Gasteiger partial charge in [-0.15, -0.1) is 0 Å². The molecule has 0 spiro atoms. The van der Waals surface area contributed by atoms with E-state index in [0.717, 1.165) is 16.9 Å². The number of aryl methyl sites for hydroxylation is 1. The van der Waals surface area contributed by atoms with Crippen molar-refractivity contribution in [2.45, 2.75) is 20.0 Å². The normalized spacial score (nSPS) is 12.7. The first-order valence-electron chi connectivity index (χ1n) is 4.86. The second kappa shape index (κ2) is 3.87. The molecule has 0 amide bonds. The summed E-state index contributed by atoms with van der Waals surface area (Å²) in [7, 11) is 0. The Balaban J connectivity index is 2.37. The van der Waals surface area contributed by atoms with Crippen LogP contribution in [0.1, 0.15) is 24.4 Å². The summed E-state index contributed by atoms with van der Waals surface area (Å²) in [6.07, 6.45) is 2.97. The lowest BCUT2D eigenvalue weighted by molar-refractivity contribution is 0.170. The summed E-state index contributed by atoms with van der Waals surface area (Å²) in [5.74, 6) is 1.31. The summed E-state index contributed by atoms with van der Waals surface area (Å²) >= 11 is 0. The van der Waals surface area contributed by atoms with Gasteiger partial charge in [0.2, 0.25) is 0 Å². The standard InChI is InChI=1S/C12H13NO2/c1-8-5-10(7-13-6-8)12-4-3-11(15-12)9(2)14/h3-7,9,14H,1-2H3. The number of aromatic nitrogens is 1. The van der Waals surface area contributed by atoms with Gasteiger partial charge >= 0.3 is 0 Å². The average molecular weight is 203 g/mol. The fourth-order valence-electron chi connectivity index (χ4n) is 1.42. The van der Waals surface area contributed by atoms with E-state index in [-0.39, 0.29) is 0 Å². The largest absolute Gasteiger partial charge is 0.458 e. The molecule has 0 fully saturated rings. The molecule has 0 radical (unpaired) electrons. The molecule has 2 aromatic heterocycles. The van der Waals surface area contributed by atoms with E-state index in [9.17, 15) is 5.11 Å². The molecule has 0 aliphatic heterocycles. The van der Waals surface area contributed by atoms with E-state index < -0.39 is 6.10 Å². The van der Waals surface area contributed by atoms with Crippen LogP contribution in [-0.4, -0.2) is 10.1 Å². The summed E-state index contributed by atoms with van der Waals surface area (Å²) < 4.78 is 5.50. The molecule has 1 unspecified atom stereocenters. The molecule has 2 heterocycles. The van der Waals surface area contributed by atoms with Crippen molar-refractivity contribution >= 4 is 0 Å². The Kier molecular flexibility index (Phi) is 2.56. The molecule has 3 nitrogen and oxygen atoms in total. The van der Waals surface area contributed by atoms with E-state index in [1.807, 2.05) is 19.1 Å². The Labute approximate surface area is 88.4 Å². The Morgan fingerprint density at radius 3 is 2.73 bits per heavy atom. The highest BCUT2D eigenvalue weighted by Crippen LogP contribution is 2.24. The highest BCUT2D eigenvalue weighted by molar-refractivity contribution is 5.57. The third-order valence-corrected chi connectivity index (χ3v) is 2.20. The minimum absolute atomic E-state index is 0.573. The Hall–Kier alpha value is -1.61. The molecular weight excluding hydrogens is 190 g/mol. The lowest BCUT2D eigenvalue weighted by Crippen LogP contribution is -1.85. The molecule has 1 N–H and O–H groups in total. The zero-order chi connectivity index (χ0) is 10.8. The maximum atomic E-state index is 9.33. The van der Waals surface area contributed by atoms with Gasteiger partial charge in [0.25, 0.3) is 0 Å². The van der Waals surface area contributed by atoms with Crippen LogP contribution in [0.15, 0.2) is 35.0 Å². The molecule has 2 rings (SSSR count). The molecule has 0 saturated heterocycles.